The maximum absolute atomic E-state index is 12.5. The summed E-state index contributed by atoms with van der Waals surface area (Å²) in [6, 6.07) is 4.54. The summed E-state index contributed by atoms with van der Waals surface area (Å²) in [5.74, 6) is 0. The number of benzene rings is 1. The molecule has 1 rings (SSSR count). The van der Waals surface area contributed by atoms with Gasteiger partial charge in [0.25, 0.3) is 0 Å². The van der Waals surface area contributed by atoms with Crippen LogP contribution in [0.2, 0.25) is 18.1 Å². The SMILES string of the molecule is CC(C)(C)[Si](C)(C)OC[C@H](N)c1ccc(C(F)(F)F)cc1. The minimum absolute atomic E-state index is 0.0763. The van der Waals surface area contributed by atoms with Crippen LogP contribution in [0.4, 0.5) is 13.2 Å². The average Bonchev–Trinajstić information content (AvgIpc) is 2.34. The van der Waals surface area contributed by atoms with Crippen molar-refractivity contribution in [3.8, 4) is 0 Å². The lowest BCUT2D eigenvalue weighted by Gasteiger charge is -2.37. The minimum Gasteiger partial charge on any atom is -0.415 e. The van der Waals surface area contributed by atoms with Gasteiger partial charge >= 0.3 is 6.18 Å². The van der Waals surface area contributed by atoms with Gasteiger partial charge in [-0.05, 0) is 35.8 Å². The number of nitrogens with two attached hydrogens (primary N) is 1. The van der Waals surface area contributed by atoms with E-state index in [1.165, 1.54) is 12.1 Å². The highest BCUT2D eigenvalue weighted by Crippen LogP contribution is 2.37. The number of hydrogen-bond donors (Lipinski definition) is 1. The van der Waals surface area contributed by atoms with Gasteiger partial charge in [-0.1, -0.05) is 32.9 Å². The maximum Gasteiger partial charge on any atom is 0.416 e. The lowest BCUT2D eigenvalue weighted by Crippen LogP contribution is -2.42. The fourth-order valence-corrected chi connectivity index (χ4v) is 2.56. The Hall–Kier alpha value is -0.853. The smallest absolute Gasteiger partial charge is 0.415 e. The van der Waals surface area contributed by atoms with Crippen molar-refractivity contribution in [2.24, 2.45) is 5.73 Å². The summed E-state index contributed by atoms with van der Waals surface area (Å²) in [6.07, 6.45) is -4.32. The highest BCUT2D eigenvalue weighted by Gasteiger charge is 2.37. The van der Waals surface area contributed by atoms with E-state index in [1.54, 1.807) is 0 Å². The molecule has 0 aliphatic rings. The molecule has 0 radical (unpaired) electrons. The van der Waals surface area contributed by atoms with Crippen LogP contribution in [0.5, 0.6) is 0 Å². The predicted molar refractivity (Wildman–Crippen MR) is 81.5 cm³/mol. The van der Waals surface area contributed by atoms with Gasteiger partial charge in [0.1, 0.15) is 0 Å². The van der Waals surface area contributed by atoms with Crippen molar-refractivity contribution in [3.63, 3.8) is 0 Å². The number of alkyl halides is 3. The maximum atomic E-state index is 12.5. The number of hydrogen-bond acceptors (Lipinski definition) is 2. The minimum atomic E-state index is -4.32. The molecule has 0 saturated heterocycles. The molecule has 0 aromatic heterocycles. The topological polar surface area (TPSA) is 35.2 Å². The monoisotopic (exact) mass is 319 g/mol. The van der Waals surface area contributed by atoms with E-state index in [4.69, 9.17) is 10.2 Å². The van der Waals surface area contributed by atoms with E-state index in [9.17, 15) is 13.2 Å². The fraction of sp³-hybridized carbons (Fsp3) is 0.600. The lowest BCUT2D eigenvalue weighted by atomic mass is 10.1. The van der Waals surface area contributed by atoms with Crippen molar-refractivity contribution >= 4 is 8.32 Å². The molecule has 1 aromatic rings. The van der Waals surface area contributed by atoms with Crippen LogP contribution in [0.25, 0.3) is 0 Å². The third kappa shape index (κ3) is 4.83. The highest BCUT2D eigenvalue weighted by molar-refractivity contribution is 6.74. The van der Waals surface area contributed by atoms with Crippen LogP contribution in [0.1, 0.15) is 37.9 Å². The zero-order chi connectivity index (χ0) is 16.5. The summed E-state index contributed by atoms with van der Waals surface area (Å²) >= 11 is 0. The Morgan fingerprint density at radius 3 is 1.95 bits per heavy atom. The van der Waals surface area contributed by atoms with E-state index in [2.05, 4.69) is 33.9 Å². The molecular formula is C15H24F3NOSi. The first-order valence-corrected chi connectivity index (χ1v) is 9.82. The Morgan fingerprint density at radius 2 is 1.57 bits per heavy atom. The molecule has 2 N–H and O–H groups in total. The molecule has 2 nitrogen and oxygen atoms in total. The summed E-state index contributed by atoms with van der Waals surface area (Å²) < 4.78 is 43.5. The normalized spacial score (nSPS) is 15.1. The summed E-state index contributed by atoms with van der Waals surface area (Å²) in [7, 11) is -1.90. The molecule has 120 valence electrons. The van der Waals surface area contributed by atoms with Crippen LogP contribution in [-0.4, -0.2) is 14.9 Å². The largest absolute Gasteiger partial charge is 0.416 e. The van der Waals surface area contributed by atoms with E-state index < -0.39 is 26.1 Å². The van der Waals surface area contributed by atoms with Crippen LogP contribution >= 0.6 is 0 Å². The number of rotatable bonds is 4. The van der Waals surface area contributed by atoms with Crippen molar-refractivity contribution in [1.82, 2.24) is 0 Å². The Morgan fingerprint density at radius 1 is 1.10 bits per heavy atom. The molecule has 0 aliphatic heterocycles. The molecule has 0 spiro atoms. The molecule has 0 unspecified atom stereocenters. The standard InChI is InChI=1S/C15H24F3NOSi/c1-14(2,3)21(4,5)20-10-13(19)11-6-8-12(9-7-11)15(16,17)18/h6-9,13H,10,19H2,1-5H3/t13-/m0/s1. The van der Waals surface area contributed by atoms with Gasteiger partial charge in [-0.15, -0.1) is 0 Å². The van der Waals surface area contributed by atoms with Crippen molar-refractivity contribution in [1.29, 1.82) is 0 Å². The number of halogens is 3. The lowest BCUT2D eigenvalue weighted by molar-refractivity contribution is -0.137. The van der Waals surface area contributed by atoms with Crippen molar-refractivity contribution < 1.29 is 17.6 Å². The quantitative estimate of drug-likeness (QED) is 0.815. The first kappa shape index (κ1) is 18.2. The molecule has 6 heteroatoms. The molecular weight excluding hydrogens is 295 g/mol. The molecule has 0 aliphatic carbocycles. The second-order valence-electron chi connectivity index (χ2n) is 6.80. The van der Waals surface area contributed by atoms with Crippen molar-refractivity contribution in [2.45, 2.75) is 51.1 Å². The van der Waals surface area contributed by atoms with Crippen LogP contribution in [0.15, 0.2) is 24.3 Å². The zero-order valence-electron chi connectivity index (χ0n) is 13.2. The van der Waals surface area contributed by atoms with Gasteiger partial charge in [0, 0.05) is 0 Å². The summed E-state index contributed by atoms with van der Waals surface area (Å²) in [5, 5.41) is 0.0763. The average molecular weight is 319 g/mol. The van der Waals surface area contributed by atoms with E-state index in [0.29, 0.717) is 12.2 Å². The molecule has 0 amide bonds. The van der Waals surface area contributed by atoms with Crippen molar-refractivity contribution in [3.05, 3.63) is 35.4 Å². The van der Waals surface area contributed by atoms with E-state index in [-0.39, 0.29) is 5.04 Å². The van der Waals surface area contributed by atoms with Gasteiger partial charge in [-0.3, -0.25) is 0 Å². The predicted octanol–water partition coefficient (Wildman–Crippen LogP) is 4.73. The van der Waals surface area contributed by atoms with Gasteiger partial charge < -0.3 is 10.2 Å². The molecule has 1 atom stereocenters. The Kier molecular flexibility index (Phi) is 5.29. The summed E-state index contributed by atoms with van der Waals surface area (Å²) in [4.78, 5) is 0. The Balaban J connectivity index is 2.71. The molecule has 0 saturated carbocycles. The van der Waals surface area contributed by atoms with Gasteiger partial charge in [0.15, 0.2) is 8.32 Å². The first-order chi connectivity index (χ1) is 9.34. The van der Waals surface area contributed by atoms with E-state index in [0.717, 1.165) is 12.1 Å². The van der Waals surface area contributed by atoms with Gasteiger partial charge in [0.05, 0.1) is 18.2 Å². The van der Waals surface area contributed by atoms with E-state index in [1.807, 2.05) is 0 Å². The third-order valence-corrected chi connectivity index (χ3v) is 8.60. The molecule has 0 heterocycles. The van der Waals surface area contributed by atoms with Crippen LogP contribution < -0.4 is 5.73 Å². The summed E-state index contributed by atoms with van der Waals surface area (Å²) in [5.41, 5.74) is 6.01. The van der Waals surface area contributed by atoms with Crippen molar-refractivity contribution in [2.75, 3.05) is 6.61 Å². The van der Waals surface area contributed by atoms with Crippen LogP contribution in [0, 0.1) is 0 Å². The Labute approximate surface area is 125 Å². The second-order valence-corrected chi connectivity index (χ2v) is 11.6. The fourth-order valence-electron chi connectivity index (χ4n) is 1.53. The van der Waals surface area contributed by atoms with Gasteiger partial charge in [-0.2, -0.15) is 13.2 Å². The first-order valence-electron chi connectivity index (χ1n) is 6.91. The molecule has 0 fully saturated rings. The molecule has 0 bridgehead atoms. The summed E-state index contributed by atoms with van der Waals surface area (Å²) in [6.45, 7) is 10.9. The van der Waals surface area contributed by atoms with Gasteiger partial charge in [-0.25, -0.2) is 0 Å². The van der Waals surface area contributed by atoms with Crippen LogP contribution in [0.3, 0.4) is 0 Å². The third-order valence-electron chi connectivity index (χ3n) is 4.10. The Bertz CT molecular complexity index is 463. The molecule has 21 heavy (non-hydrogen) atoms. The zero-order valence-corrected chi connectivity index (χ0v) is 14.2. The van der Waals surface area contributed by atoms with Crippen LogP contribution in [-0.2, 0) is 10.6 Å². The van der Waals surface area contributed by atoms with Gasteiger partial charge in [0.2, 0.25) is 0 Å². The molecule has 1 aromatic carbocycles. The van der Waals surface area contributed by atoms with E-state index >= 15 is 0 Å². The highest BCUT2D eigenvalue weighted by atomic mass is 28.4. The second kappa shape index (κ2) is 6.10.